The van der Waals surface area contributed by atoms with Gasteiger partial charge in [0.2, 0.25) is 5.75 Å². The van der Waals surface area contributed by atoms with E-state index in [1.54, 1.807) is 36.4 Å². The molecule has 1 fully saturated rings. The van der Waals surface area contributed by atoms with Crippen LogP contribution in [-0.2, 0) is 17.5 Å². The largest absolute Gasteiger partial charge is 0.450 e. The Balaban J connectivity index is 1.55. The SMILES string of the molecule is O=C1S/C(=C/c2cccc(Oc3ccc(C(F)(F)F)cc3[N+](=O)[O-])c2)C(=O)N1Cc1ccc(Br)cc1. The lowest BCUT2D eigenvalue weighted by molar-refractivity contribution is -0.385. The minimum atomic E-state index is -4.75. The Kier molecular flexibility index (Phi) is 7.18. The Bertz CT molecular complexity index is 1390. The number of ether oxygens (including phenoxy) is 1. The number of rotatable bonds is 6. The topological polar surface area (TPSA) is 89.7 Å². The summed E-state index contributed by atoms with van der Waals surface area (Å²) in [6, 6.07) is 15.2. The zero-order valence-electron chi connectivity index (χ0n) is 18.0. The molecule has 1 aliphatic heterocycles. The molecule has 1 saturated heterocycles. The van der Waals surface area contributed by atoms with Gasteiger partial charge in [0, 0.05) is 10.5 Å². The average Bonchev–Trinajstić information content (AvgIpc) is 3.07. The molecule has 1 aliphatic rings. The summed E-state index contributed by atoms with van der Waals surface area (Å²) in [5.74, 6) is -0.752. The quantitative estimate of drug-likeness (QED) is 0.172. The van der Waals surface area contributed by atoms with E-state index in [9.17, 15) is 32.9 Å². The second-order valence-corrected chi connectivity index (χ2v) is 9.42. The number of amides is 2. The maximum absolute atomic E-state index is 12.9. The van der Waals surface area contributed by atoms with E-state index in [1.165, 1.54) is 18.2 Å². The summed E-state index contributed by atoms with van der Waals surface area (Å²) >= 11 is 4.10. The lowest BCUT2D eigenvalue weighted by Gasteiger charge is -2.12. The summed E-state index contributed by atoms with van der Waals surface area (Å²) in [5.41, 5.74) is -0.787. The van der Waals surface area contributed by atoms with Crippen LogP contribution in [0.15, 0.2) is 76.1 Å². The van der Waals surface area contributed by atoms with Crippen LogP contribution in [0.3, 0.4) is 0 Å². The van der Waals surface area contributed by atoms with Crippen LogP contribution in [0.2, 0.25) is 0 Å². The number of imide groups is 1. The predicted molar refractivity (Wildman–Crippen MR) is 130 cm³/mol. The average molecular weight is 579 g/mol. The molecule has 0 radical (unpaired) electrons. The van der Waals surface area contributed by atoms with Gasteiger partial charge in [-0.05, 0) is 65.4 Å². The van der Waals surface area contributed by atoms with E-state index in [-0.39, 0.29) is 22.9 Å². The predicted octanol–water partition coefficient (Wildman–Crippen LogP) is 7.40. The monoisotopic (exact) mass is 578 g/mol. The highest BCUT2D eigenvalue weighted by molar-refractivity contribution is 9.10. The molecular weight excluding hydrogens is 565 g/mol. The molecule has 0 unspecified atom stereocenters. The smallest absolute Gasteiger partial charge is 0.416 e. The Labute approximate surface area is 214 Å². The number of nitrogens with zero attached hydrogens (tertiary/aromatic N) is 2. The number of nitro benzene ring substituents is 1. The van der Waals surface area contributed by atoms with Gasteiger partial charge in [-0.25, -0.2) is 0 Å². The summed E-state index contributed by atoms with van der Waals surface area (Å²) < 4.78 is 45.2. The second kappa shape index (κ2) is 10.2. The molecule has 4 rings (SSSR count). The van der Waals surface area contributed by atoms with Crippen molar-refractivity contribution in [2.24, 2.45) is 0 Å². The van der Waals surface area contributed by atoms with Gasteiger partial charge < -0.3 is 4.74 Å². The maximum atomic E-state index is 12.9. The summed E-state index contributed by atoms with van der Waals surface area (Å²) in [6.45, 7) is 0.107. The summed E-state index contributed by atoms with van der Waals surface area (Å²) in [7, 11) is 0. The van der Waals surface area contributed by atoms with E-state index in [2.05, 4.69) is 15.9 Å². The van der Waals surface area contributed by atoms with Gasteiger partial charge in [0.1, 0.15) is 5.75 Å². The van der Waals surface area contributed by atoms with Gasteiger partial charge >= 0.3 is 11.9 Å². The molecule has 0 saturated carbocycles. The number of carbonyl (C=O) groups excluding carboxylic acids is 2. The number of halogens is 4. The van der Waals surface area contributed by atoms with Crippen molar-refractivity contribution in [2.45, 2.75) is 12.7 Å². The molecule has 3 aromatic rings. The Morgan fingerprint density at radius 3 is 2.44 bits per heavy atom. The molecule has 2 amide bonds. The molecule has 0 atom stereocenters. The maximum Gasteiger partial charge on any atom is 0.416 e. The Morgan fingerprint density at radius 2 is 1.78 bits per heavy atom. The Morgan fingerprint density at radius 1 is 1.06 bits per heavy atom. The molecule has 36 heavy (non-hydrogen) atoms. The van der Waals surface area contributed by atoms with Crippen LogP contribution in [-0.4, -0.2) is 21.0 Å². The molecule has 0 aromatic heterocycles. The zero-order chi connectivity index (χ0) is 26.0. The van der Waals surface area contributed by atoms with Crippen molar-refractivity contribution < 1.29 is 32.4 Å². The molecule has 3 aromatic carbocycles. The standard InChI is InChI=1S/C24H14BrF3N2O5S/c25-17-7-4-14(5-8-17)13-29-22(31)21(36-23(29)32)11-15-2-1-3-18(10-15)35-20-9-6-16(24(26,27)28)12-19(20)30(33)34/h1-12H,13H2/b21-11+. The summed E-state index contributed by atoms with van der Waals surface area (Å²) in [5, 5.41) is 10.9. The van der Waals surface area contributed by atoms with Crippen molar-refractivity contribution in [1.82, 2.24) is 4.90 Å². The van der Waals surface area contributed by atoms with Crippen molar-refractivity contribution in [1.29, 1.82) is 0 Å². The van der Waals surface area contributed by atoms with Gasteiger partial charge in [-0.2, -0.15) is 13.2 Å². The van der Waals surface area contributed by atoms with E-state index in [1.807, 2.05) is 0 Å². The molecule has 0 N–H and O–H groups in total. The summed E-state index contributed by atoms with van der Waals surface area (Å²) in [6.07, 6.45) is -3.27. The van der Waals surface area contributed by atoms with Gasteiger partial charge in [-0.3, -0.25) is 24.6 Å². The molecule has 12 heteroatoms. The first-order chi connectivity index (χ1) is 17.0. The molecule has 0 aliphatic carbocycles. The van der Waals surface area contributed by atoms with Crippen LogP contribution in [0.5, 0.6) is 11.5 Å². The van der Waals surface area contributed by atoms with Crippen LogP contribution in [0.1, 0.15) is 16.7 Å². The van der Waals surface area contributed by atoms with Crippen LogP contribution in [0, 0.1) is 10.1 Å². The van der Waals surface area contributed by atoms with Crippen LogP contribution >= 0.6 is 27.7 Å². The number of thioether (sulfide) groups is 1. The minimum Gasteiger partial charge on any atom is -0.450 e. The number of benzene rings is 3. The first-order valence-electron chi connectivity index (χ1n) is 10.1. The zero-order valence-corrected chi connectivity index (χ0v) is 20.4. The van der Waals surface area contributed by atoms with Crippen molar-refractivity contribution in [2.75, 3.05) is 0 Å². The molecule has 7 nitrogen and oxygen atoms in total. The van der Waals surface area contributed by atoms with E-state index in [0.29, 0.717) is 17.7 Å². The molecule has 184 valence electrons. The highest BCUT2D eigenvalue weighted by Crippen LogP contribution is 2.38. The number of alkyl halides is 3. The highest BCUT2D eigenvalue weighted by atomic mass is 79.9. The first-order valence-corrected chi connectivity index (χ1v) is 11.8. The van der Waals surface area contributed by atoms with Gasteiger partial charge in [0.25, 0.3) is 11.1 Å². The second-order valence-electron chi connectivity index (χ2n) is 7.51. The number of hydrogen-bond donors (Lipinski definition) is 0. The molecule has 0 bridgehead atoms. The van der Waals surface area contributed by atoms with Gasteiger partial charge in [0.05, 0.1) is 21.9 Å². The molecule has 1 heterocycles. The van der Waals surface area contributed by atoms with E-state index in [4.69, 9.17) is 4.74 Å². The minimum absolute atomic E-state index is 0.0979. The first kappa shape index (κ1) is 25.5. The lowest BCUT2D eigenvalue weighted by Crippen LogP contribution is -2.27. The fourth-order valence-electron chi connectivity index (χ4n) is 3.28. The number of nitro groups is 1. The van der Waals surface area contributed by atoms with Crippen molar-refractivity contribution >= 4 is 50.6 Å². The van der Waals surface area contributed by atoms with Gasteiger partial charge in [-0.15, -0.1) is 0 Å². The van der Waals surface area contributed by atoms with Crippen LogP contribution < -0.4 is 4.74 Å². The third-order valence-corrected chi connectivity index (χ3v) is 6.43. The fraction of sp³-hybridized carbons (Fsp3) is 0.0833. The molecular formula is C24H14BrF3N2O5S. The number of hydrogen-bond acceptors (Lipinski definition) is 6. The van der Waals surface area contributed by atoms with Gasteiger partial charge in [0.15, 0.2) is 0 Å². The number of carbonyl (C=O) groups is 2. The van der Waals surface area contributed by atoms with Crippen molar-refractivity contribution in [3.63, 3.8) is 0 Å². The van der Waals surface area contributed by atoms with Crippen LogP contribution in [0.4, 0.5) is 23.7 Å². The summed E-state index contributed by atoms with van der Waals surface area (Å²) in [4.78, 5) is 36.9. The third-order valence-electron chi connectivity index (χ3n) is 4.99. The van der Waals surface area contributed by atoms with E-state index >= 15 is 0 Å². The Hall–Kier alpha value is -3.64. The van der Waals surface area contributed by atoms with Crippen molar-refractivity contribution in [3.8, 4) is 11.5 Å². The van der Waals surface area contributed by atoms with Crippen LogP contribution in [0.25, 0.3) is 6.08 Å². The molecule has 0 spiro atoms. The van der Waals surface area contributed by atoms with E-state index < -0.39 is 33.5 Å². The van der Waals surface area contributed by atoms with E-state index in [0.717, 1.165) is 32.8 Å². The van der Waals surface area contributed by atoms with Crippen molar-refractivity contribution in [3.05, 3.63) is 103 Å². The third kappa shape index (κ3) is 5.77. The fourth-order valence-corrected chi connectivity index (χ4v) is 4.38. The van der Waals surface area contributed by atoms with Gasteiger partial charge in [-0.1, -0.05) is 40.2 Å². The highest BCUT2D eigenvalue weighted by Gasteiger charge is 2.35. The normalized spacial score (nSPS) is 15.0. The lowest BCUT2D eigenvalue weighted by atomic mass is 10.1.